The molecule has 31 heavy (non-hydrogen) atoms. The first-order valence-corrected chi connectivity index (χ1v) is 11.2. The van der Waals surface area contributed by atoms with Crippen molar-refractivity contribution in [1.82, 2.24) is 5.32 Å². The summed E-state index contributed by atoms with van der Waals surface area (Å²) in [5.41, 5.74) is 0.859. The van der Waals surface area contributed by atoms with Gasteiger partial charge in [-0.25, -0.2) is 0 Å². The Labute approximate surface area is 181 Å². The third-order valence-electron chi connectivity index (χ3n) is 7.91. The lowest BCUT2D eigenvalue weighted by molar-refractivity contribution is -0.148. The van der Waals surface area contributed by atoms with E-state index in [4.69, 9.17) is 4.74 Å². The number of para-hydroxylation sites is 1. The maximum absolute atomic E-state index is 12.5. The quantitative estimate of drug-likeness (QED) is 0.559. The van der Waals surface area contributed by atoms with E-state index in [0.717, 1.165) is 22.7 Å². The van der Waals surface area contributed by atoms with Crippen LogP contribution in [0.15, 0.2) is 24.3 Å². The Hall–Kier alpha value is -2.70. The number of nitrogens with zero attached hydrogens (tertiary/aromatic N) is 1. The van der Waals surface area contributed by atoms with Gasteiger partial charge in [0, 0.05) is 6.04 Å². The zero-order valence-corrected chi connectivity index (χ0v) is 17.8. The summed E-state index contributed by atoms with van der Waals surface area (Å²) in [5.74, 6) is -0.0223. The number of Topliss-reactive ketones (excluding diaryl/α,β-unsaturated/α-hetero) is 1. The van der Waals surface area contributed by atoms with Gasteiger partial charge < -0.3 is 10.1 Å². The third kappa shape index (κ3) is 3.54. The van der Waals surface area contributed by atoms with Gasteiger partial charge in [0.25, 0.3) is 17.6 Å². The summed E-state index contributed by atoms with van der Waals surface area (Å²) in [7, 11) is 0. The molecule has 0 saturated heterocycles. The summed E-state index contributed by atoms with van der Waals surface area (Å²) in [4.78, 5) is 50.1. The van der Waals surface area contributed by atoms with Crippen molar-refractivity contribution in [2.24, 2.45) is 23.2 Å². The zero-order chi connectivity index (χ0) is 21.8. The fraction of sp³-hybridized carbons (Fsp3) is 0.583. The van der Waals surface area contributed by atoms with Gasteiger partial charge in [-0.3, -0.25) is 24.1 Å². The predicted molar refractivity (Wildman–Crippen MR) is 112 cm³/mol. The summed E-state index contributed by atoms with van der Waals surface area (Å²) in [6.07, 6.45) is 7.59. The van der Waals surface area contributed by atoms with Crippen molar-refractivity contribution in [3.05, 3.63) is 29.8 Å². The van der Waals surface area contributed by atoms with Gasteiger partial charge in [-0.1, -0.05) is 12.1 Å². The number of anilines is 1. The van der Waals surface area contributed by atoms with Crippen LogP contribution in [0.2, 0.25) is 0 Å². The van der Waals surface area contributed by atoms with Crippen LogP contribution in [0, 0.1) is 23.2 Å². The van der Waals surface area contributed by atoms with Crippen molar-refractivity contribution >= 4 is 29.3 Å². The lowest BCUT2D eigenvalue weighted by Crippen LogP contribution is -2.56. The maximum Gasteiger partial charge on any atom is 0.326 e. The standard InChI is InChI=1S/C24H28N2O5/c1-14(24-9-15-6-16(10-24)8-17(7-15)11-24)25-20(27)13-31-21(28)12-26-19-5-3-2-4-18(19)22(29)23(26)30/h2-5,14-17H,6-13H2,1H3,(H,25,27)/t14-,15?,16?,17?,24?/m0/s1. The Kier molecular flexibility index (Phi) is 4.87. The summed E-state index contributed by atoms with van der Waals surface area (Å²) in [5, 5.41) is 3.07. The highest BCUT2D eigenvalue weighted by atomic mass is 16.5. The second kappa shape index (κ2) is 7.46. The van der Waals surface area contributed by atoms with Crippen LogP contribution < -0.4 is 10.2 Å². The van der Waals surface area contributed by atoms with Crippen molar-refractivity contribution in [2.45, 2.75) is 51.5 Å². The van der Waals surface area contributed by atoms with Gasteiger partial charge in [0.15, 0.2) is 6.61 Å². The number of carbonyl (C=O) groups is 4. The molecule has 7 heteroatoms. The molecule has 4 saturated carbocycles. The van der Waals surface area contributed by atoms with Crippen molar-refractivity contribution < 1.29 is 23.9 Å². The molecule has 2 amide bonds. The first kappa shape index (κ1) is 20.2. The molecule has 0 spiro atoms. The lowest BCUT2D eigenvalue weighted by atomic mass is 9.48. The number of ether oxygens (including phenoxy) is 1. The van der Waals surface area contributed by atoms with Crippen LogP contribution in [-0.2, 0) is 19.1 Å². The van der Waals surface area contributed by atoms with Crippen molar-refractivity contribution in [3.8, 4) is 0 Å². The predicted octanol–water partition coefficient (Wildman–Crippen LogP) is 2.48. The highest BCUT2D eigenvalue weighted by Crippen LogP contribution is 2.61. The van der Waals surface area contributed by atoms with Gasteiger partial charge in [0.05, 0.1) is 11.3 Å². The van der Waals surface area contributed by atoms with E-state index in [0.29, 0.717) is 5.69 Å². The van der Waals surface area contributed by atoms with Crippen LogP contribution in [-0.4, -0.2) is 42.8 Å². The number of hydrogen-bond acceptors (Lipinski definition) is 5. The number of esters is 1. The van der Waals surface area contributed by atoms with Gasteiger partial charge in [-0.05, 0) is 80.8 Å². The van der Waals surface area contributed by atoms with Crippen LogP contribution >= 0.6 is 0 Å². The van der Waals surface area contributed by atoms with Gasteiger partial charge >= 0.3 is 5.97 Å². The summed E-state index contributed by atoms with van der Waals surface area (Å²) < 4.78 is 5.13. The molecular formula is C24H28N2O5. The topological polar surface area (TPSA) is 92.8 Å². The molecule has 1 N–H and O–H groups in total. The van der Waals surface area contributed by atoms with Gasteiger partial charge in [0.1, 0.15) is 6.54 Å². The molecule has 0 unspecified atom stereocenters. The molecule has 4 bridgehead atoms. The van der Waals surface area contributed by atoms with Crippen molar-refractivity contribution in [3.63, 3.8) is 0 Å². The van der Waals surface area contributed by atoms with E-state index in [-0.39, 0.29) is 36.1 Å². The summed E-state index contributed by atoms with van der Waals surface area (Å²) >= 11 is 0. The van der Waals surface area contributed by atoms with Crippen LogP contribution in [0.4, 0.5) is 5.69 Å². The molecule has 1 aliphatic heterocycles. The average molecular weight is 424 g/mol. The minimum Gasteiger partial charge on any atom is -0.454 e. The molecule has 1 atom stereocenters. The Morgan fingerprint density at radius 2 is 1.71 bits per heavy atom. The molecular weight excluding hydrogens is 396 g/mol. The van der Waals surface area contributed by atoms with E-state index in [1.54, 1.807) is 24.3 Å². The molecule has 4 fully saturated rings. The maximum atomic E-state index is 12.5. The van der Waals surface area contributed by atoms with Crippen LogP contribution in [0.5, 0.6) is 0 Å². The zero-order valence-electron chi connectivity index (χ0n) is 17.8. The van der Waals surface area contributed by atoms with Crippen LogP contribution in [0.3, 0.4) is 0 Å². The number of amides is 2. The Morgan fingerprint density at radius 1 is 1.10 bits per heavy atom. The van der Waals surface area contributed by atoms with E-state index >= 15 is 0 Å². The largest absolute Gasteiger partial charge is 0.454 e. The molecule has 7 nitrogen and oxygen atoms in total. The molecule has 0 radical (unpaired) electrons. The fourth-order valence-electron chi connectivity index (χ4n) is 6.87. The highest BCUT2D eigenvalue weighted by molar-refractivity contribution is 6.52. The number of benzene rings is 1. The molecule has 6 rings (SSSR count). The first-order chi connectivity index (χ1) is 14.8. The smallest absolute Gasteiger partial charge is 0.326 e. The average Bonchev–Trinajstić information content (AvgIpc) is 2.96. The van der Waals surface area contributed by atoms with E-state index in [9.17, 15) is 19.2 Å². The molecule has 164 valence electrons. The molecule has 4 aliphatic carbocycles. The summed E-state index contributed by atoms with van der Waals surface area (Å²) in [6, 6.07) is 6.59. The van der Waals surface area contributed by atoms with E-state index < -0.39 is 17.7 Å². The Morgan fingerprint density at radius 3 is 2.35 bits per heavy atom. The second-order valence-electron chi connectivity index (χ2n) is 9.97. The first-order valence-electron chi connectivity index (χ1n) is 11.2. The molecule has 1 heterocycles. The number of carbonyl (C=O) groups excluding carboxylic acids is 4. The van der Waals surface area contributed by atoms with Gasteiger partial charge in [0.2, 0.25) is 0 Å². The highest BCUT2D eigenvalue weighted by Gasteiger charge is 2.53. The monoisotopic (exact) mass is 424 g/mol. The molecule has 5 aliphatic rings. The molecule has 0 aromatic heterocycles. The van der Waals surface area contributed by atoms with E-state index in [1.165, 1.54) is 38.5 Å². The Balaban J connectivity index is 1.14. The Bertz CT molecular complexity index is 920. The number of nitrogens with one attached hydrogen (secondary N) is 1. The van der Waals surface area contributed by atoms with E-state index in [1.807, 2.05) is 0 Å². The van der Waals surface area contributed by atoms with Crippen molar-refractivity contribution in [2.75, 3.05) is 18.1 Å². The summed E-state index contributed by atoms with van der Waals surface area (Å²) in [6.45, 7) is 1.31. The second-order valence-corrected chi connectivity index (χ2v) is 9.97. The number of hydrogen-bond donors (Lipinski definition) is 1. The fourth-order valence-corrected chi connectivity index (χ4v) is 6.87. The number of rotatable bonds is 6. The van der Waals surface area contributed by atoms with Crippen LogP contribution in [0.25, 0.3) is 0 Å². The lowest BCUT2D eigenvalue weighted by Gasteiger charge is -2.59. The van der Waals surface area contributed by atoms with E-state index in [2.05, 4.69) is 12.2 Å². The minimum absolute atomic E-state index is 0.0526. The molecule has 1 aromatic rings. The normalized spacial score (nSPS) is 31.5. The molecule has 1 aromatic carbocycles. The third-order valence-corrected chi connectivity index (χ3v) is 7.91. The van der Waals surface area contributed by atoms with Crippen molar-refractivity contribution in [1.29, 1.82) is 0 Å². The number of fused-ring (bicyclic) bond motifs is 1. The minimum atomic E-state index is -0.752. The van der Waals surface area contributed by atoms with Gasteiger partial charge in [-0.2, -0.15) is 0 Å². The van der Waals surface area contributed by atoms with Gasteiger partial charge in [-0.15, -0.1) is 0 Å². The van der Waals surface area contributed by atoms with Crippen LogP contribution in [0.1, 0.15) is 55.8 Å². The number of ketones is 1. The SMILES string of the molecule is C[C@H](NC(=O)COC(=O)CN1C(=O)C(=O)c2ccccc21)C12CC3CC(CC(C3)C1)C2.